The fraction of sp³-hybridized carbons (Fsp3) is 0.318. The SMILES string of the molecule is Cc1nnc(SCc2cccc(C(=O)N3CCOCC3)c2)n1Cc1ccccc1. The molecule has 1 aliphatic heterocycles. The highest BCUT2D eigenvalue weighted by Gasteiger charge is 2.18. The van der Waals surface area contributed by atoms with Gasteiger partial charge in [0.05, 0.1) is 19.8 Å². The summed E-state index contributed by atoms with van der Waals surface area (Å²) in [6.07, 6.45) is 0. The Hall–Kier alpha value is -2.64. The molecule has 1 saturated heterocycles. The van der Waals surface area contributed by atoms with Crippen LogP contribution in [0.4, 0.5) is 0 Å². The molecule has 4 rings (SSSR count). The van der Waals surface area contributed by atoms with Crippen LogP contribution in [0, 0.1) is 6.92 Å². The summed E-state index contributed by atoms with van der Waals surface area (Å²) in [5, 5.41) is 9.48. The van der Waals surface area contributed by atoms with Gasteiger partial charge in [-0.1, -0.05) is 54.2 Å². The van der Waals surface area contributed by atoms with E-state index in [-0.39, 0.29) is 5.91 Å². The lowest BCUT2D eigenvalue weighted by Crippen LogP contribution is -2.40. The van der Waals surface area contributed by atoms with Crippen LogP contribution in [0.25, 0.3) is 0 Å². The molecule has 1 fully saturated rings. The number of amides is 1. The third-order valence-electron chi connectivity index (χ3n) is 4.93. The zero-order valence-electron chi connectivity index (χ0n) is 16.5. The van der Waals surface area contributed by atoms with Crippen molar-refractivity contribution in [2.45, 2.75) is 24.4 Å². The van der Waals surface area contributed by atoms with Crippen molar-refractivity contribution in [3.05, 3.63) is 77.1 Å². The number of carbonyl (C=O) groups excluding carboxylic acids is 1. The molecule has 0 bridgehead atoms. The topological polar surface area (TPSA) is 60.3 Å². The van der Waals surface area contributed by atoms with Crippen molar-refractivity contribution in [2.24, 2.45) is 0 Å². The van der Waals surface area contributed by atoms with E-state index < -0.39 is 0 Å². The van der Waals surface area contributed by atoms with Crippen LogP contribution in [0.1, 0.15) is 27.3 Å². The molecule has 0 spiro atoms. The molecule has 0 atom stereocenters. The number of benzene rings is 2. The first-order chi connectivity index (χ1) is 14.2. The number of rotatable bonds is 6. The molecular formula is C22H24N4O2S. The van der Waals surface area contributed by atoms with Crippen molar-refractivity contribution in [1.29, 1.82) is 0 Å². The maximum atomic E-state index is 12.7. The van der Waals surface area contributed by atoms with Gasteiger partial charge in [-0.3, -0.25) is 4.79 Å². The molecule has 2 aromatic carbocycles. The van der Waals surface area contributed by atoms with Crippen molar-refractivity contribution in [2.75, 3.05) is 26.3 Å². The first-order valence-electron chi connectivity index (χ1n) is 9.73. The number of ether oxygens (including phenoxy) is 1. The minimum Gasteiger partial charge on any atom is -0.378 e. The molecule has 150 valence electrons. The average molecular weight is 409 g/mol. The van der Waals surface area contributed by atoms with Gasteiger partial charge in [-0.25, -0.2) is 0 Å². The summed E-state index contributed by atoms with van der Waals surface area (Å²) in [5.74, 6) is 1.70. The molecule has 1 amide bonds. The minimum atomic E-state index is 0.0724. The van der Waals surface area contributed by atoms with Gasteiger partial charge >= 0.3 is 0 Å². The van der Waals surface area contributed by atoms with E-state index in [0.717, 1.165) is 34.4 Å². The van der Waals surface area contributed by atoms with Gasteiger partial charge in [0.25, 0.3) is 5.91 Å². The first kappa shape index (κ1) is 19.7. The summed E-state index contributed by atoms with van der Waals surface area (Å²) in [5.41, 5.74) is 3.04. The van der Waals surface area contributed by atoms with E-state index in [1.807, 2.05) is 54.3 Å². The Morgan fingerprint density at radius 1 is 1.03 bits per heavy atom. The van der Waals surface area contributed by atoms with E-state index in [1.54, 1.807) is 11.8 Å². The zero-order chi connectivity index (χ0) is 20.1. The number of carbonyl (C=O) groups is 1. The second kappa shape index (κ2) is 9.24. The molecule has 3 aromatic rings. The van der Waals surface area contributed by atoms with Crippen LogP contribution in [0.5, 0.6) is 0 Å². The molecule has 1 aliphatic rings. The average Bonchev–Trinajstić information content (AvgIpc) is 3.12. The van der Waals surface area contributed by atoms with Gasteiger partial charge < -0.3 is 14.2 Å². The van der Waals surface area contributed by atoms with Crippen molar-refractivity contribution < 1.29 is 9.53 Å². The second-order valence-corrected chi connectivity index (χ2v) is 7.94. The van der Waals surface area contributed by atoms with Crippen LogP contribution in [-0.4, -0.2) is 51.9 Å². The van der Waals surface area contributed by atoms with Gasteiger partial charge in [0.1, 0.15) is 5.82 Å². The monoisotopic (exact) mass is 408 g/mol. The Kier molecular flexibility index (Phi) is 6.27. The van der Waals surface area contributed by atoms with Crippen LogP contribution < -0.4 is 0 Å². The smallest absolute Gasteiger partial charge is 0.254 e. The normalized spacial score (nSPS) is 14.2. The van der Waals surface area contributed by atoms with E-state index in [2.05, 4.69) is 26.9 Å². The largest absolute Gasteiger partial charge is 0.378 e. The fourth-order valence-electron chi connectivity index (χ4n) is 3.31. The van der Waals surface area contributed by atoms with Gasteiger partial charge in [0.15, 0.2) is 5.16 Å². The number of morpholine rings is 1. The molecule has 0 saturated carbocycles. The van der Waals surface area contributed by atoms with Crippen molar-refractivity contribution in [3.8, 4) is 0 Å². The molecule has 29 heavy (non-hydrogen) atoms. The Morgan fingerprint density at radius 2 is 1.79 bits per heavy atom. The number of hydrogen-bond acceptors (Lipinski definition) is 5. The lowest BCUT2D eigenvalue weighted by molar-refractivity contribution is 0.0303. The quantitative estimate of drug-likeness (QED) is 0.585. The highest BCUT2D eigenvalue weighted by Crippen LogP contribution is 2.23. The molecular weight excluding hydrogens is 384 g/mol. The minimum absolute atomic E-state index is 0.0724. The third-order valence-corrected chi connectivity index (χ3v) is 5.96. The fourth-order valence-corrected chi connectivity index (χ4v) is 4.23. The van der Waals surface area contributed by atoms with Gasteiger partial charge in [0, 0.05) is 24.4 Å². The number of thioether (sulfide) groups is 1. The van der Waals surface area contributed by atoms with Gasteiger partial charge in [0.2, 0.25) is 0 Å². The molecule has 1 aromatic heterocycles. The zero-order valence-corrected chi connectivity index (χ0v) is 17.3. The molecule has 2 heterocycles. The number of aryl methyl sites for hydroxylation is 1. The molecule has 0 unspecified atom stereocenters. The summed E-state index contributed by atoms with van der Waals surface area (Å²) in [7, 11) is 0. The first-order valence-corrected chi connectivity index (χ1v) is 10.7. The van der Waals surface area contributed by atoms with E-state index in [4.69, 9.17) is 4.74 Å². The van der Waals surface area contributed by atoms with Crippen molar-refractivity contribution >= 4 is 17.7 Å². The Morgan fingerprint density at radius 3 is 2.59 bits per heavy atom. The molecule has 0 aliphatic carbocycles. The van der Waals surface area contributed by atoms with Crippen molar-refractivity contribution in [3.63, 3.8) is 0 Å². The highest BCUT2D eigenvalue weighted by atomic mass is 32.2. The van der Waals surface area contributed by atoms with Crippen LogP contribution >= 0.6 is 11.8 Å². The molecule has 6 nitrogen and oxygen atoms in total. The van der Waals surface area contributed by atoms with E-state index in [1.165, 1.54) is 5.56 Å². The number of aromatic nitrogens is 3. The summed E-state index contributed by atoms with van der Waals surface area (Å²) in [6, 6.07) is 18.2. The molecule has 0 radical (unpaired) electrons. The van der Waals surface area contributed by atoms with Crippen LogP contribution in [-0.2, 0) is 17.0 Å². The Bertz CT molecular complexity index is 968. The van der Waals surface area contributed by atoms with Gasteiger partial charge in [-0.15, -0.1) is 10.2 Å². The summed E-state index contributed by atoms with van der Waals surface area (Å²) in [4.78, 5) is 14.6. The van der Waals surface area contributed by atoms with E-state index in [0.29, 0.717) is 26.3 Å². The van der Waals surface area contributed by atoms with Gasteiger partial charge in [-0.2, -0.15) is 0 Å². The summed E-state index contributed by atoms with van der Waals surface area (Å²) < 4.78 is 7.47. The Labute approximate surface area is 174 Å². The molecule has 0 N–H and O–H groups in total. The lowest BCUT2D eigenvalue weighted by Gasteiger charge is -2.27. The number of hydrogen-bond donors (Lipinski definition) is 0. The number of nitrogens with zero attached hydrogens (tertiary/aromatic N) is 4. The summed E-state index contributed by atoms with van der Waals surface area (Å²) >= 11 is 1.64. The van der Waals surface area contributed by atoms with Crippen LogP contribution in [0.15, 0.2) is 59.8 Å². The van der Waals surface area contributed by atoms with Crippen LogP contribution in [0.3, 0.4) is 0 Å². The lowest BCUT2D eigenvalue weighted by atomic mass is 10.1. The second-order valence-electron chi connectivity index (χ2n) is 7.00. The maximum absolute atomic E-state index is 12.7. The molecule has 7 heteroatoms. The van der Waals surface area contributed by atoms with Gasteiger partial charge in [-0.05, 0) is 30.2 Å². The maximum Gasteiger partial charge on any atom is 0.254 e. The highest BCUT2D eigenvalue weighted by molar-refractivity contribution is 7.98. The van der Waals surface area contributed by atoms with Crippen LogP contribution in [0.2, 0.25) is 0 Å². The van der Waals surface area contributed by atoms with E-state index in [9.17, 15) is 4.79 Å². The Balaban J connectivity index is 1.44. The standard InChI is InChI=1S/C22H24N4O2S/c1-17-23-24-22(26(17)15-18-6-3-2-4-7-18)29-16-19-8-5-9-20(14-19)21(27)25-10-12-28-13-11-25/h2-9,14H,10-13,15-16H2,1H3. The predicted molar refractivity (Wildman–Crippen MR) is 113 cm³/mol. The summed E-state index contributed by atoms with van der Waals surface area (Å²) in [6.45, 7) is 5.24. The third kappa shape index (κ3) is 4.86. The van der Waals surface area contributed by atoms with Crippen molar-refractivity contribution in [1.82, 2.24) is 19.7 Å². The van der Waals surface area contributed by atoms with E-state index >= 15 is 0 Å². The predicted octanol–water partition coefficient (Wildman–Crippen LogP) is 3.40.